The van der Waals surface area contributed by atoms with Gasteiger partial charge in [0.2, 0.25) is 0 Å². The summed E-state index contributed by atoms with van der Waals surface area (Å²) in [6.07, 6.45) is 11.1. The molecule has 1 aromatic rings. The van der Waals surface area contributed by atoms with Gasteiger partial charge in [0.15, 0.2) is 0 Å². The molecule has 0 bridgehead atoms. The van der Waals surface area contributed by atoms with Gasteiger partial charge < -0.3 is 5.32 Å². The number of thioether (sulfide) groups is 1. The fourth-order valence-corrected chi connectivity index (χ4v) is 2.42. The van der Waals surface area contributed by atoms with Crippen LogP contribution < -0.4 is 5.32 Å². The highest BCUT2D eigenvalue weighted by molar-refractivity contribution is 7.98. The lowest BCUT2D eigenvalue weighted by atomic mass is 10.1. The first kappa shape index (κ1) is 14.6. The number of aryl methyl sites for hydroxylation is 2. The van der Waals surface area contributed by atoms with Crippen LogP contribution in [-0.4, -0.2) is 34.4 Å². The van der Waals surface area contributed by atoms with Crippen molar-refractivity contribution in [2.75, 3.05) is 18.6 Å². The van der Waals surface area contributed by atoms with Gasteiger partial charge in [-0.15, -0.1) is 0 Å². The first-order chi connectivity index (χ1) is 8.26. The van der Waals surface area contributed by atoms with Crippen LogP contribution in [0.1, 0.15) is 31.7 Å². The predicted octanol–water partition coefficient (Wildman–Crippen LogP) is 2.47. The number of rotatable bonds is 9. The number of nitrogens with zero attached hydrogens (tertiary/aromatic N) is 2. The van der Waals surface area contributed by atoms with Gasteiger partial charge in [-0.05, 0) is 49.8 Å². The van der Waals surface area contributed by atoms with Crippen LogP contribution in [-0.2, 0) is 13.5 Å². The summed E-state index contributed by atoms with van der Waals surface area (Å²) in [5.74, 6) is 1.24. The molecule has 0 spiro atoms. The molecule has 0 fully saturated rings. The molecule has 0 radical (unpaired) electrons. The van der Waals surface area contributed by atoms with Gasteiger partial charge >= 0.3 is 0 Å². The Balaban J connectivity index is 2.31. The number of hydrogen-bond donors (Lipinski definition) is 1. The SMILES string of the molecule is CCCNC(CCSC)CCc1cnn(C)c1. The van der Waals surface area contributed by atoms with E-state index in [1.807, 2.05) is 29.7 Å². The fraction of sp³-hybridized carbons (Fsp3) is 0.769. The Morgan fingerprint density at radius 2 is 2.29 bits per heavy atom. The Bertz CT molecular complexity index is 291. The molecule has 0 aliphatic carbocycles. The van der Waals surface area contributed by atoms with Crippen LogP contribution in [0.2, 0.25) is 0 Å². The third kappa shape index (κ3) is 6.13. The van der Waals surface area contributed by atoms with Crippen LogP contribution in [0.25, 0.3) is 0 Å². The van der Waals surface area contributed by atoms with Crippen molar-refractivity contribution in [1.29, 1.82) is 0 Å². The third-order valence-corrected chi connectivity index (χ3v) is 3.54. The summed E-state index contributed by atoms with van der Waals surface area (Å²) < 4.78 is 1.88. The fourth-order valence-electron chi connectivity index (χ4n) is 1.90. The molecule has 1 atom stereocenters. The van der Waals surface area contributed by atoms with Crippen molar-refractivity contribution in [3.63, 3.8) is 0 Å². The van der Waals surface area contributed by atoms with E-state index in [1.54, 1.807) is 0 Å². The highest BCUT2D eigenvalue weighted by Gasteiger charge is 2.08. The standard InChI is InChI=1S/C13H25N3S/c1-4-8-14-13(7-9-17-3)6-5-12-10-15-16(2)11-12/h10-11,13-14H,4-9H2,1-3H3. The monoisotopic (exact) mass is 255 g/mol. The van der Waals surface area contributed by atoms with Gasteiger partial charge in [-0.2, -0.15) is 16.9 Å². The normalized spacial score (nSPS) is 12.9. The minimum Gasteiger partial charge on any atom is -0.314 e. The molecule has 0 aliphatic rings. The van der Waals surface area contributed by atoms with Gasteiger partial charge in [-0.1, -0.05) is 6.92 Å². The molecule has 1 N–H and O–H groups in total. The van der Waals surface area contributed by atoms with Gasteiger partial charge in [-0.25, -0.2) is 0 Å². The summed E-state index contributed by atoms with van der Waals surface area (Å²) in [6, 6.07) is 0.655. The first-order valence-electron chi connectivity index (χ1n) is 6.46. The molecule has 0 aliphatic heterocycles. The molecule has 0 aromatic carbocycles. The molecule has 98 valence electrons. The van der Waals surface area contributed by atoms with Gasteiger partial charge in [0, 0.05) is 19.3 Å². The van der Waals surface area contributed by atoms with E-state index in [0.29, 0.717) is 6.04 Å². The van der Waals surface area contributed by atoms with E-state index in [9.17, 15) is 0 Å². The largest absolute Gasteiger partial charge is 0.314 e. The van der Waals surface area contributed by atoms with Crippen LogP contribution in [0.4, 0.5) is 0 Å². The maximum absolute atomic E-state index is 4.21. The zero-order valence-corrected chi connectivity index (χ0v) is 12.1. The molecule has 4 heteroatoms. The average molecular weight is 255 g/mol. The molecule has 0 saturated heterocycles. The number of hydrogen-bond acceptors (Lipinski definition) is 3. The maximum atomic E-state index is 4.21. The lowest BCUT2D eigenvalue weighted by Gasteiger charge is -2.17. The van der Waals surface area contributed by atoms with E-state index in [0.717, 1.165) is 13.0 Å². The van der Waals surface area contributed by atoms with E-state index in [4.69, 9.17) is 0 Å². The van der Waals surface area contributed by atoms with E-state index in [-0.39, 0.29) is 0 Å². The summed E-state index contributed by atoms with van der Waals surface area (Å²) in [4.78, 5) is 0. The van der Waals surface area contributed by atoms with Gasteiger partial charge in [-0.3, -0.25) is 4.68 Å². The number of aromatic nitrogens is 2. The molecule has 1 heterocycles. The zero-order chi connectivity index (χ0) is 12.5. The molecule has 0 saturated carbocycles. The molecule has 1 rings (SSSR count). The Hall–Kier alpha value is -0.480. The van der Waals surface area contributed by atoms with Crippen molar-refractivity contribution < 1.29 is 0 Å². The van der Waals surface area contributed by atoms with Crippen molar-refractivity contribution in [1.82, 2.24) is 15.1 Å². The summed E-state index contributed by atoms with van der Waals surface area (Å²) >= 11 is 1.93. The van der Waals surface area contributed by atoms with Crippen LogP contribution in [0.5, 0.6) is 0 Å². The highest BCUT2D eigenvalue weighted by Crippen LogP contribution is 2.09. The van der Waals surface area contributed by atoms with Crippen molar-refractivity contribution in [2.24, 2.45) is 7.05 Å². The topological polar surface area (TPSA) is 29.9 Å². The smallest absolute Gasteiger partial charge is 0.0521 e. The van der Waals surface area contributed by atoms with Gasteiger partial charge in [0.05, 0.1) is 6.20 Å². The maximum Gasteiger partial charge on any atom is 0.0521 e. The summed E-state index contributed by atoms with van der Waals surface area (Å²) in [7, 11) is 1.98. The van der Waals surface area contributed by atoms with Gasteiger partial charge in [0.1, 0.15) is 0 Å². The summed E-state index contributed by atoms with van der Waals surface area (Å²) in [5, 5.41) is 7.85. The third-order valence-electron chi connectivity index (χ3n) is 2.89. The molecular formula is C13H25N3S. The molecule has 1 aromatic heterocycles. The Kier molecular flexibility index (Phi) is 7.37. The lowest BCUT2D eigenvalue weighted by molar-refractivity contribution is 0.471. The van der Waals surface area contributed by atoms with Crippen molar-refractivity contribution in [3.05, 3.63) is 18.0 Å². The Morgan fingerprint density at radius 3 is 2.88 bits per heavy atom. The molecule has 0 amide bonds. The average Bonchev–Trinajstić information content (AvgIpc) is 2.74. The Morgan fingerprint density at radius 1 is 1.47 bits per heavy atom. The van der Waals surface area contributed by atoms with Crippen molar-refractivity contribution >= 4 is 11.8 Å². The number of nitrogens with one attached hydrogen (secondary N) is 1. The lowest BCUT2D eigenvalue weighted by Crippen LogP contribution is -2.30. The molecule has 1 unspecified atom stereocenters. The Labute approximate surface area is 109 Å². The van der Waals surface area contributed by atoms with E-state index >= 15 is 0 Å². The van der Waals surface area contributed by atoms with E-state index in [1.165, 1.54) is 30.6 Å². The molecule has 3 nitrogen and oxygen atoms in total. The van der Waals surface area contributed by atoms with E-state index in [2.05, 4.69) is 29.8 Å². The molecule has 17 heavy (non-hydrogen) atoms. The van der Waals surface area contributed by atoms with Crippen LogP contribution >= 0.6 is 11.8 Å². The summed E-state index contributed by atoms with van der Waals surface area (Å²) in [5.41, 5.74) is 1.35. The van der Waals surface area contributed by atoms with Crippen LogP contribution in [0, 0.1) is 0 Å². The summed E-state index contributed by atoms with van der Waals surface area (Å²) in [6.45, 7) is 3.35. The van der Waals surface area contributed by atoms with Gasteiger partial charge in [0.25, 0.3) is 0 Å². The minimum absolute atomic E-state index is 0.655. The second-order valence-electron chi connectivity index (χ2n) is 4.49. The van der Waals surface area contributed by atoms with Crippen molar-refractivity contribution in [2.45, 2.75) is 38.6 Å². The molecular weight excluding hydrogens is 230 g/mol. The highest BCUT2D eigenvalue weighted by atomic mass is 32.2. The first-order valence-corrected chi connectivity index (χ1v) is 7.85. The second kappa shape index (κ2) is 8.59. The quantitative estimate of drug-likeness (QED) is 0.735. The minimum atomic E-state index is 0.655. The van der Waals surface area contributed by atoms with Crippen LogP contribution in [0.15, 0.2) is 12.4 Å². The van der Waals surface area contributed by atoms with E-state index < -0.39 is 0 Å². The van der Waals surface area contributed by atoms with Crippen LogP contribution in [0.3, 0.4) is 0 Å². The second-order valence-corrected chi connectivity index (χ2v) is 5.48. The van der Waals surface area contributed by atoms with Crippen molar-refractivity contribution in [3.8, 4) is 0 Å². The zero-order valence-electron chi connectivity index (χ0n) is 11.3. The predicted molar refractivity (Wildman–Crippen MR) is 76.6 cm³/mol.